The Kier molecular flexibility index (Phi) is 7.55. The molecule has 3 aromatic carbocycles. The number of thioether (sulfide) groups is 1. The predicted octanol–water partition coefficient (Wildman–Crippen LogP) is 8.14. The summed E-state index contributed by atoms with van der Waals surface area (Å²) in [4.78, 5) is 14.5. The Morgan fingerprint density at radius 3 is 2.32 bits per heavy atom. The first-order chi connectivity index (χ1) is 18.3. The average Bonchev–Trinajstić information content (AvgIpc) is 3.59. The molecule has 38 heavy (non-hydrogen) atoms. The predicted molar refractivity (Wildman–Crippen MR) is 145 cm³/mol. The maximum Gasteiger partial charge on any atom is 0.416 e. The first-order valence-corrected chi connectivity index (χ1v) is 13.4. The molecule has 1 amide bonds. The van der Waals surface area contributed by atoms with Gasteiger partial charge in [-0.1, -0.05) is 78.0 Å². The molecule has 1 N–H and O–H groups in total. The summed E-state index contributed by atoms with van der Waals surface area (Å²) >= 11 is 8.80. The van der Waals surface area contributed by atoms with Crippen LogP contribution in [0.15, 0.2) is 102 Å². The highest BCUT2D eigenvalue weighted by atomic mass is 35.5. The van der Waals surface area contributed by atoms with Gasteiger partial charge in [0.25, 0.3) is 0 Å². The molecule has 1 unspecified atom stereocenters. The molecule has 1 atom stereocenters. The Bertz CT molecular complexity index is 1540. The number of hydrogen-bond donors (Lipinski definition) is 1. The molecule has 0 fully saturated rings. The first-order valence-electron chi connectivity index (χ1n) is 11.2. The van der Waals surface area contributed by atoms with Crippen LogP contribution in [0.1, 0.15) is 16.4 Å². The van der Waals surface area contributed by atoms with Gasteiger partial charge in [0.05, 0.1) is 21.2 Å². The Labute approximate surface area is 229 Å². The lowest BCUT2D eigenvalue weighted by molar-refractivity contribution is -0.137. The van der Waals surface area contributed by atoms with E-state index in [1.165, 1.54) is 11.3 Å². The summed E-state index contributed by atoms with van der Waals surface area (Å²) < 4.78 is 41.7. The Morgan fingerprint density at radius 2 is 1.66 bits per heavy atom. The van der Waals surface area contributed by atoms with Crippen molar-refractivity contribution in [2.75, 3.05) is 5.32 Å². The zero-order valence-corrected chi connectivity index (χ0v) is 21.8. The van der Waals surface area contributed by atoms with Gasteiger partial charge in [0.2, 0.25) is 5.91 Å². The van der Waals surface area contributed by atoms with Crippen molar-refractivity contribution < 1.29 is 18.0 Å². The van der Waals surface area contributed by atoms with Gasteiger partial charge in [0.15, 0.2) is 11.0 Å². The van der Waals surface area contributed by atoms with E-state index >= 15 is 0 Å². The number of para-hydroxylation sites is 1. The fourth-order valence-electron chi connectivity index (χ4n) is 3.72. The van der Waals surface area contributed by atoms with E-state index in [9.17, 15) is 18.0 Å². The molecule has 0 spiro atoms. The largest absolute Gasteiger partial charge is 0.416 e. The van der Waals surface area contributed by atoms with Gasteiger partial charge >= 0.3 is 6.18 Å². The van der Waals surface area contributed by atoms with Gasteiger partial charge in [-0.25, -0.2) is 0 Å². The van der Waals surface area contributed by atoms with E-state index < -0.39 is 22.9 Å². The van der Waals surface area contributed by atoms with Crippen molar-refractivity contribution in [2.45, 2.75) is 16.6 Å². The number of alkyl halides is 3. The minimum atomic E-state index is -4.58. The van der Waals surface area contributed by atoms with Crippen LogP contribution in [0.2, 0.25) is 5.02 Å². The molecule has 0 saturated heterocycles. The van der Waals surface area contributed by atoms with E-state index in [1.807, 2.05) is 58.5 Å². The highest BCUT2D eigenvalue weighted by Gasteiger charge is 2.32. The quantitative estimate of drug-likeness (QED) is 0.201. The summed E-state index contributed by atoms with van der Waals surface area (Å²) in [6.45, 7) is 0. The maximum absolute atomic E-state index is 13.6. The number of halogens is 4. The van der Waals surface area contributed by atoms with Crippen LogP contribution in [0, 0.1) is 0 Å². The van der Waals surface area contributed by atoms with Gasteiger partial charge in [0.1, 0.15) is 5.25 Å². The summed E-state index contributed by atoms with van der Waals surface area (Å²) in [6, 6.07) is 25.1. The lowest BCUT2D eigenvalue weighted by Crippen LogP contribution is -2.20. The standard InChI is InChI=1S/C27H18ClF3N4OS2/c28-20-14-13-18(27(29,30)31)16-21(20)32-25(36)23(17-8-3-1-4-9-17)38-26-34-33-24(22-12-7-15-37-22)35(26)19-10-5-2-6-11-19/h1-16,23H,(H,32,36). The third kappa shape index (κ3) is 5.62. The smallest absolute Gasteiger partial charge is 0.323 e. The van der Waals surface area contributed by atoms with Crippen LogP contribution in [0.4, 0.5) is 18.9 Å². The Hall–Kier alpha value is -3.60. The van der Waals surface area contributed by atoms with Gasteiger partial charge in [-0.05, 0) is 47.3 Å². The van der Waals surface area contributed by atoms with Crippen molar-refractivity contribution in [3.05, 3.63) is 113 Å². The number of nitrogens with zero attached hydrogens (tertiary/aromatic N) is 3. The molecule has 5 rings (SSSR count). The second-order valence-corrected chi connectivity index (χ2v) is 10.5. The van der Waals surface area contributed by atoms with Crippen molar-refractivity contribution in [3.8, 4) is 16.4 Å². The van der Waals surface area contributed by atoms with Crippen LogP contribution >= 0.6 is 34.7 Å². The molecule has 0 bridgehead atoms. The topological polar surface area (TPSA) is 59.8 Å². The number of amides is 1. The van der Waals surface area contributed by atoms with Gasteiger partial charge < -0.3 is 5.32 Å². The van der Waals surface area contributed by atoms with Crippen LogP contribution in [-0.2, 0) is 11.0 Å². The highest BCUT2D eigenvalue weighted by Crippen LogP contribution is 2.40. The van der Waals surface area contributed by atoms with E-state index in [4.69, 9.17) is 11.6 Å². The van der Waals surface area contributed by atoms with E-state index in [1.54, 1.807) is 24.3 Å². The van der Waals surface area contributed by atoms with Crippen LogP contribution < -0.4 is 5.32 Å². The number of carbonyl (C=O) groups is 1. The molecule has 2 aromatic heterocycles. The van der Waals surface area contributed by atoms with E-state index in [-0.39, 0.29) is 10.7 Å². The average molecular weight is 571 g/mol. The van der Waals surface area contributed by atoms with Gasteiger partial charge in [-0.15, -0.1) is 21.5 Å². The molecular formula is C27H18ClF3N4OS2. The second-order valence-electron chi connectivity index (χ2n) is 8.04. The summed E-state index contributed by atoms with van der Waals surface area (Å²) in [7, 11) is 0. The number of thiophene rings is 1. The summed E-state index contributed by atoms with van der Waals surface area (Å²) in [5, 5.41) is 12.9. The molecular weight excluding hydrogens is 553 g/mol. The van der Waals surface area contributed by atoms with Crippen molar-refractivity contribution in [2.24, 2.45) is 0 Å². The maximum atomic E-state index is 13.6. The zero-order valence-electron chi connectivity index (χ0n) is 19.4. The number of rotatable bonds is 7. The summed E-state index contributed by atoms with van der Waals surface area (Å²) in [6.07, 6.45) is -4.58. The number of aromatic nitrogens is 3. The highest BCUT2D eigenvalue weighted by molar-refractivity contribution is 8.00. The molecule has 192 valence electrons. The third-order valence-corrected chi connectivity index (χ3v) is 7.90. The van der Waals surface area contributed by atoms with Gasteiger partial charge in [-0.3, -0.25) is 9.36 Å². The van der Waals surface area contributed by atoms with E-state index in [0.717, 1.165) is 40.5 Å². The molecule has 0 aliphatic rings. The van der Waals surface area contributed by atoms with Crippen LogP contribution in [0.3, 0.4) is 0 Å². The fraction of sp³-hybridized carbons (Fsp3) is 0.0741. The number of nitrogens with one attached hydrogen (secondary N) is 1. The lowest BCUT2D eigenvalue weighted by Gasteiger charge is -2.19. The van der Waals surface area contributed by atoms with Crippen molar-refractivity contribution in [1.29, 1.82) is 0 Å². The van der Waals surface area contributed by atoms with Crippen LogP contribution in [0.5, 0.6) is 0 Å². The number of anilines is 1. The zero-order chi connectivity index (χ0) is 26.7. The molecule has 0 aliphatic carbocycles. The molecule has 0 saturated carbocycles. The third-order valence-electron chi connectivity index (χ3n) is 5.50. The SMILES string of the molecule is O=C(Nc1cc(C(F)(F)F)ccc1Cl)C(Sc1nnc(-c2cccs2)n1-c1ccccc1)c1ccccc1. The van der Waals surface area contributed by atoms with Crippen molar-refractivity contribution >= 4 is 46.3 Å². The van der Waals surface area contributed by atoms with E-state index in [0.29, 0.717) is 16.5 Å². The number of hydrogen-bond acceptors (Lipinski definition) is 5. The van der Waals surface area contributed by atoms with Crippen molar-refractivity contribution in [1.82, 2.24) is 14.8 Å². The normalized spacial score (nSPS) is 12.3. The molecule has 11 heteroatoms. The van der Waals surface area contributed by atoms with Crippen LogP contribution in [-0.4, -0.2) is 20.7 Å². The monoisotopic (exact) mass is 570 g/mol. The molecule has 0 aliphatic heterocycles. The molecule has 5 aromatic rings. The summed E-state index contributed by atoms with van der Waals surface area (Å²) in [5.41, 5.74) is 0.400. The second kappa shape index (κ2) is 11.0. The van der Waals surface area contributed by atoms with E-state index in [2.05, 4.69) is 15.5 Å². The first kappa shape index (κ1) is 26.0. The molecule has 0 radical (unpaired) electrons. The fourth-order valence-corrected chi connectivity index (χ4v) is 5.64. The van der Waals surface area contributed by atoms with Gasteiger partial charge in [0, 0.05) is 5.69 Å². The lowest BCUT2D eigenvalue weighted by atomic mass is 10.1. The van der Waals surface area contributed by atoms with Crippen molar-refractivity contribution in [3.63, 3.8) is 0 Å². The van der Waals surface area contributed by atoms with Crippen LogP contribution in [0.25, 0.3) is 16.4 Å². The Morgan fingerprint density at radius 1 is 0.947 bits per heavy atom. The summed E-state index contributed by atoms with van der Waals surface area (Å²) in [5.74, 6) is 0.0598. The minimum absolute atomic E-state index is 0.00408. The van der Waals surface area contributed by atoms with Gasteiger partial charge in [-0.2, -0.15) is 13.2 Å². The number of carbonyl (C=O) groups excluding carboxylic acids is 1. The Balaban J connectivity index is 1.54. The molecule has 5 nitrogen and oxygen atoms in total. The molecule has 2 heterocycles. The number of benzene rings is 3. The minimum Gasteiger partial charge on any atom is -0.323 e.